The number of hydrogen-bond donors (Lipinski definition) is 4. The Kier molecular flexibility index (Phi) is 8.71. The molecule has 2 aliphatic heterocycles. The van der Waals surface area contributed by atoms with Crippen molar-refractivity contribution in [1.29, 1.82) is 5.26 Å². The Balaban J connectivity index is 1.34. The summed E-state index contributed by atoms with van der Waals surface area (Å²) in [7, 11) is 0. The first-order valence-electron chi connectivity index (χ1n) is 14.8. The Hall–Kier alpha value is -4.14. The lowest BCUT2D eigenvalue weighted by Crippen LogP contribution is -2.52. The van der Waals surface area contributed by atoms with E-state index in [1.165, 1.54) is 18.5 Å². The number of nitrogens with one attached hydrogen (secondary N) is 4. The number of nitriles is 1. The molecule has 12 heteroatoms. The van der Waals surface area contributed by atoms with E-state index >= 15 is 0 Å². The quantitative estimate of drug-likeness (QED) is 0.165. The van der Waals surface area contributed by atoms with Gasteiger partial charge in [0.2, 0.25) is 0 Å². The van der Waals surface area contributed by atoms with Gasteiger partial charge in [-0.1, -0.05) is 35.3 Å². The van der Waals surface area contributed by atoms with E-state index in [-0.39, 0.29) is 17.1 Å². The number of halogens is 3. The van der Waals surface area contributed by atoms with Crippen molar-refractivity contribution in [2.45, 2.75) is 51.2 Å². The smallest absolute Gasteiger partial charge is 0.143 e. The summed E-state index contributed by atoms with van der Waals surface area (Å²) in [6, 6.07) is 14.9. The van der Waals surface area contributed by atoms with Gasteiger partial charge in [0.1, 0.15) is 11.9 Å². The van der Waals surface area contributed by atoms with Gasteiger partial charge in [0.05, 0.1) is 51.6 Å². The van der Waals surface area contributed by atoms with Crippen molar-refractivity contribution in [2.75, 3.05) is 23.7 Å². The third-order valence-electron chi connectivity index (χ3n) is 8.26. The van der Waals surface area contributed by atoms with Crippen LogP contribution in [-0.2, 0) is 0 Å². The highest BCUT2D eigenvalue weighted by Crippen LogP contribution is 2.37. The van der Waals surface area contributed by atoms with Crippen molar-refractivity contribution in [3.05, 3.63) is 99.9 Å². The van der Waals surface area contributed by atoms with E-state index < -0.39 is 5.82 Å². The number of benzene rings is 2. The minimum absolute atomic E-state index is 0.153. The molecule has 232 valence electrons. The van der Waals surface area contributed by atoms with Gasteiger partial charge in [-0.15, -0.1) is 5.53 Å². The second-order valence-electron chi connectivity index (χ2n) is 12.3. The number of piperidine rings is 1. The number of hydrogen-bond acceptors (Lipinski definition) is 9. The molecule has 4 N–H and O–H groups in total. The van der Waals surface area contributed by atoms with Gasteiger partial charge in [0.25, 0.3) is 0 Å². The number of hydrazine groups is 2. The third-order valence-corrected chi connectivity index (χ3v) is 8.80. The van der Waals surface area contributed by atoms with Crippen LogP contribution in [0.5, 0.6) is 0 Å². The van der Waals surface area contributed by atoms with Crippen LogP contribution < -0.4 is 21.6 Å². The second kappa shape index (κ2) is 12.7. The zero-order chi connectivity index (χ0) is 31.7. The fourth-order valence-electron chi connectivity index (χ4n) is 5.85. The zero-order valence-electron chi connectivity index (χ0n) is 25.2. The fourth-order valence-corrected chi connectivity index (χ4v) is 6.25. The van der Waals surface area contributed by atoms with E-state index in [9.17, 15) is 9.65 Å². The predicted octanol–water partition coefficient (Wildman–Crippen LogP) is 7.27. The molecule has 4 heterocycles. The molecule has 6 rings (SSSR count). The zero-order valence-corrected chi connectivity index (χ0v) is 26.7. The van der Waals surface area contributed by atoms with Crippen molar-refractivity contribution in [2.24, 2.45) is 0 Å². The lowest BCUT2D eigenvalue weighted by molar-refractivity contribution is 0.0570. The Bertz CT molecular complexity index is 1770. The minimum atomic E-state index is -0.497. The summed E-state index contributed by atoms with van der Waals surface area (Å²) in [6.07, 6.45) is 8.26. The Morgan fingerprint density at radius 3 is 2.49 bits per heavy atom. The van der Waals surface area contributed by atoms with Crippen LogP contribution in [0.25, 0.3) is 10.9 Å². The third kappa shape index (κ3) is 6.77. The standard InChI is InChI=1S/C33H34Cl2FN9/c1-33(2,3)44-10-8-26(9-11-44)45-19-29(42-43-45)31(20-4-6-22(34)7-5-20)40-24-13-27-30(41-25-12-23(36)17-38-18-25)21(15-37)16-39-32(27)28(35)14-24/h4-7,12-14,16-19,26,31,40,42-43H,8-11H2,1-3H3,(H,39,41)/t31-/m0/s1. The predicted molar refractivity (Wildman–Crippen MR) is 177 cm³/mol. The Morgan fingerprint density at radius 1 is 1.04 bits per heavy atom. The number of rotatable bonds is 7. The first-order valence-corrected chi connectivity index (χ1v) is 15.5. The van der Waals surface area contributed by atoms with E-state index in [1.54, 1.807) is 0 Å². The molecule has 1 atom stereocenters. The van der Waals surface area contributed by atoms with Crippen molar-refractivity contribution < 1.29 is 4.39 Å². The van der Waals surface area contributed by atoms with E-state index in [2.05, 4.69) is 74.5 Å². The van der Waals surface area contributed by atoms with Gasteiger partial charge in [-0.2, -0.15) is 5.26 Å². The van der Waals surface area contributed by atoms with Crippen LogP contribution in [0.3, 0.4) is 0 Å². The number of pyridine rings is 2. The molecule has 0 bridgehead atoms. The molecule has 1 fully saturated rings. The van der Waals surface area contributed by atoms with Crippen molar-refractivity contribution >= 4 is 51.2 Å². The molecular weight excluding hydrogens is 612 g/mol. The van der Waals surface area contributed by atoms with Gasteiger partial charge in [-0.3, -0.25) is 19.9 Å². The van der Waals surface area contributed by atoms with Crippen LogP contribution in [-0.4, -0.2) is 44.5 Å². The summed E-state index contributed by atoms with van der Waals surface area (Å²) in [6.45, 7) is 8.85. The second-order valence-corrected chi connectivity index (χ2v) is 13.1. The molecule has 0 unspecified atom stereocenters. The maximum absolute atomic E-state index is 13.9. The van der Waals surface area contributed by atoms with Gasteiger partial charge in [-0.05, 0) is 63.4 Å². The lowest BCUT2D eigenvalue weighted by Gasteiger charge is -2.42. The van der Waals surface area contributed by atoms with Gasteiger partial charge in [0, 0.05) is 59.2 Å². The highest BCUT2D eigenvalue weighted by atomic mass is 35.5. The molecule has 45 heavy (non-hydrogen) atoms. The Labute approximate surface area is 272 Å². The molecule has 9 nitrogen and oxygen atoms in total. The molecule has 2 aromatic carbocycles. The first-order chi connectivity index (χ1) is 21.6. The number of likely N-dealkylation sites (tertiary alicyclic amines) is 1. The number of fused-ring (bicyclic) bond motifs is 1. The Morgan fingerprint density at radius 2 is 1.80 bits per heavy atom. The van der Waals surface area contributed by atoms with Crippen LogP contribution in [0.1, 0.15) is 50.8 Å². The maximum atomic E-state index is 13.9. The highest BCUT2D eigenvalue weighted by molar-refractivity contribution is 6.36. The summed E-state index contributed by atoms with van der Waals surface area (Å²) >= 11 is 13.0. The lowest BCUT2D eigenvalue weighted by atomic mass is 9.98. The molecule has 2 aliphatic rings. The van der Waals surface area contributed by atoms with Crippen molar-refractivity contribution in [3.63, 3.8) is 0 Å². The van der Waals surface area contributed by atoms with Gasteiger partial charge >= 0.3 is 0 Å². The highest BCUT2D eigenvalue weighted by Gasteiger charge is 2.32. The summed E-state index contributed by atoms with van der Waals surface area (Å²) < 4.78 is 13.9. The van der Waals surface area contributed by atoms with E-state index in [1.807, 2.05) is 36.4 Å². The molecule has 1 saturated heterocycles. The fraction of sp³-hybridized carbons (Fsp3) is 0.303. The molecule has 0 spiro atoms. The van der Waals surface area contributed by atoms with E-state index in [0.717, 1.165) is 43.4 Å². The molecular formula is C33H34Cl2FN9. The van der Waals surface area contributed by atoms with Crippen LogP contribution in [0.2, 0.25) is 10.0 Å². The average molecular weight is 647 g/mol. The number of nitrogens with zero attached hydrogens (tertiary/aromatic N) is 5. The van der Waals surface area contributed by atoms with Crippen LogP contribution in [0.4, 0.5) is 21.5 Å². The van der Waals surface area contributed by atoms with Gasteiger partial charge < -0.3 is 16.1 Å². The van der Waals surface area contributed by atoms with E-state index in [4.69, 9.17) is 23.2 Å². The maximum Gasteiger partial charge on any atom is 0.143 e. The van der Waals surface area contributed by atoms with E-state index in [0.29, 0.717) is 44.1 Å². The molecule has 0 saturated carbocycles. The first kappa shape index (κ1) is 30.9. The summed E-state index contributed by atoms with van der Waals surface area (Å²) in [5.74, 6) is -0.497. The molecule has 0 amide bonds. The number of anilines is 3. The topological polar surface area (TPSA) is 104 Å². The summed E-state index contributed by atoms with van der Waals surface area (Å²) in [5.41, 5.74) is 11.1. The monoisotopic (exact) mass is 645 g/mol. The molecule has 2 aromatic heterocycles. The van der Waals surface area contributed by atoms with Crippen LogP contribution >= 0.6 is 23.2 Å². The summed E-state index contributed by atoms with van der Waals surface area (Å²) in [5, 5.41) is 20.5. The average Bonchev–Trinajstić information content (AvgIpc) is 3.51. The SMILES string of the molecule is CC(C)(C)N1CCC(N2C=C([C@@H](Nc3cc(Cl)c4ncc(C#N)c(Nc5cncc(F)c5)c4c3)c3ccc(Cl)cc3)NN2)CC1. The molecule has 0 radical (unpaired) electrons. The van der Waals surface area contributed by atoms with Gasteiger partial charge in [0.15, 0.2) is 0 Å². The van der Waals surface area contributed by atoms with Crippen LogP contribution in [0.15, 0.2) is 73.0 Å². The van der Waals surface area contributed by atoms with Crippen LogP contribution in [0, 0.1) is 17.1 Å². The van der Waals surface area contributed by atoms with Crippen molar-refractivity contribution in [3.8, 4) is 6.07 Å². The molecule has 4 aromatic rings. The largest absolute Gasteiger partial charge is 0.373 e. The molecule has 0 aliphatic carbocycles. The minimum Gasteiger partial charge on any atom is -0.373 e. The van der Waals surface area contributed by atoms with Crippen molar-refractivity contribution in [1.82, 2.24) is 30.8 Å². The van der Waals surface area contributed by atoms with Gasteiger partial charge in [-0.25, -0.2) is 4.39 Å². The number of aromatic nitrogens is 2. The normalized spacial score (nSPS) is 16.6. The summed E-state index contributed by atoms with van der Waals surface area (Å²) in [4.78, 5) is 10.9.